The molecule has 188 valence electrons. The van der Waals surface area contributed by atoms with Gasteiger partial charge in [0.05, 0.1) is 29.0 Å². The minimum atomic E-state index is -0.00522. The van der Waals surface area contributed by atoms with Crippen LogP contribution in [0.3, 0.4) is 0 Å². The molecular weight excluding hydrogens is 504 g/mol. The molecule has 0 atom stereocenters. The Labute approximate surface area is 222 Å². The highest BCUT2D eigenvalue weighted by molar-refractivity contribution is 7.98. The van der Waals surface area contributed by atoms with E-state index in [1.165, 1.54) is 28.6 Å². The first-order chi connectivity index (χ1) is 18.1. The standard InChI is InChI=1S/C28H26N4O3S2/c1-3-34-21-13-6-4-11-19(21)25-29-23(35-31-25)16-36-28-30-26-24(20-12-5-7-14-22(20)37-26)27(33)32(28)18-10-8-9-17(2)15-18/h4,6,8-11,13,15H,3,5,7,12,14,16H2,1-2H3. The maximum atomic E-state index is 13.9. The van der Waals surface area contributed by atoms with Crippen LogP contribution in [0.2, 0.25) is 0 Å². The number of nitrogens with zero attached hydrogens (tertiary/aromatic N) is 4. The zero-order chi connectivity index (χ0) is 25.4. The summed E-state index contributed by atoms with van der Waals surface area (Å²) < 4.78 is 13.0. The molecule has 7 nitrogen and oxygen atoms in total. The third kappa shape index (κ3) is 4.57. The van der Waals surface area contributed by atoms with Crippen molar-refractivity contribution < 1.29 is 9.26 Å². The van der Waals surface area contributed by atoms with Gasteiger partial charge in [0.1, 0.15) is 10.6 Å². The molecule has 0 saturated carbocycles. The highest BCUT2D eigenvalue weighted by atomic mass is 32.2. The third-order valence-electron chi connectivity index (χ3n) is 6.44. The lowest BCUT2D eigenvalue weighted by Gasteiger charge is -2.13. The summed E-state index contributed by atoms with van der Waals surface area (Å²) in [5, 5.41) is 5.58. The number of para-hydroxylation sites is 1. The van der Waals surface area contributed by atoms with Crippen LogP contribution in [0.15, 0.2) is 63.0 Å². The van der Waals surface area contributed by atoms with Crippen LogP contribution in [0.25, 0.3) is 27.3 Å². The number of rotatable bonds is 7. The van der Waals surface area contributed by atoms with E-state index in [4.69, 9.17) is 14.2 Å². The molecule has 1 aliphatic rings. The Morgan fingerprint density at radius 1 is 1.11 bits per heavy atom. The van der Waals surface area contributed by atoms with Gasteiger partial charge in [-0.3, -0.25) is 9.36 Å². The number of thiophene rings is 1. The molecule has 9 heteroatoms. The van der Waals surface area contributed by atoms with Crippen LogP contribution < -0.4 is 10.3 Å². The summed E-state index contributed by atoms with van der Waals surface area (Å²) in [5.74, 6) is 2.04. The van der Waals surface area contributed by atoms with Crippen molar-refractivity contribution >= 4 is 33.3 Å². The summed E-state index contributed by atoms with van der Waals surface area (Å²) in [4.78, 5) is 25.7. The number of hydrogen-bond acceptors (Lipinski definition) is 8. The summed E-state index contributed by atoms with van der Waals surface area (Å²) in [7, 11) is 0. The number of ether oxygens (including phenoxy) is 1. The van der Waals surface area contributed by atoms with Crippen LogP contribution >= 0.6 is 23.1 Å². The molecule has 37 heavy (non-hydrogen) atoms. The fourth-order valence-corrected chi connectivity index (χ4v) is 6.91. The number of thioether (sulfide) groups is 1. The minimum absolute atomic E-state index is 0.00522. The Morgan fingerprint density at radius 3 is 2.84 bits per heavy atom. The number of hydrogen-bond donors (Lipinski definition) is 0. The molecule has 1 aliphatic carbocycles. The van der Waals surface area contributed by atoms with Gasteiger partial charge < -0.3 is 9.26 Å². The Hall–Kier alpha value is -3.43. The van der Waals surface area contributed by atoms with Gasteiger partial charge >= 0.3 is 0 Å². The van der Waals surface area contributed by atoms with E-state index in [1.807, 2.05) is 62.4 Å². The van der Waals surface area contributed by atoms with E-state index in [2.05, 4.69) is 10.1 Å². The number of aryl methyl sites for hydroxylation is 3. The van der Waals surface area contributed by atoms with Gasteiger partial charge in [-0.2, -0.15) is 4.98 Å². The Bertz CT molecular complexity index is 1650. The topological polar surface area (TPSA) is 83.0 Å². The molecule has 0 unspecified atom stereocenters. The first-order valence-electron chi connectivity index (χ1n) is 12.4. The van der Waals surface area contributed by atoms with Crippen molar-refractivity contribution in [1.82, 2.24) is 19.7 Å². The van der Waals surface area contributed by atoms with Crippen molar-refractivity contribution in [3.8, 4) is 22.8 Å². The van der Waals surface area contributed by atoms with Crippen molar-refractivity contribution in [2.24, 2.45) is 0 Å². The largest absolute Gasteiger partial charge is 0.493 e. The van der Waals surface area contributed by atoms with Crippen molar-refractivity contribution in [3.05, 3.63) is 80.8 Å². The Morgan fingerprint density at radius 2 is 1.97 bits per heavy atom. The van der Waals surface area contributed by atoms with Gasteiger partial charge in [-0.15, -0.1) is 11.3 Å². The fourth-order valence-electron chi connectivity index (χ4n) is 4.76. The predicted molar refractivity (Wildman–Crippen MR) is 147 cm³/mol. The molecule has 0 amide bonds. The summed E-state index contributed by atoms with van der Waals surface area (Å²) in [6.07, 6.45) is 4.25. The van der Waals surface area contributed by atoms with E-state index >= 15 is 0 Å². The van der Waals surface area contributed by atoms with E-state index in [-0.39, 0.29) is 5.56 Å². The number of fused-ring (bicyclic) bond motifs is 3. The summed E-state index contributed by atoms with van der Waals surface area (Å²) in [6, 6.07) is 15.6. The van der Waals surface area contributed by atoms with Gasteiger partial charge in [0.25, 0.3) is 5.56 Å². The summed E-state index contributed by atoms with van der Waals surface area (Å²) in [5.41, 5.74) is 3.87. The molecule has 0 radical (unpaired) electrons. The molecule has 2 aromatic carbocycles. The maximum Gasteiger partial charge on any atom is 0.267 e. The highest BCUT2D eigenvalue weighted by Gasteiger charge is 2.23. The van der Waals surface area contributed by atoms with Gasteiger partial charge in [-0.1, -0.05) is 41.2 Å². The average molecular weight is 531 g/mol. The normalized spacial score (nSPS) is 13.1. The van der Waals surface area contributed by atoms with Crippen LogP contribution in [-0.4, -0.2) is 26.3 Å². The minimum Gasteiger partial charge on any atom is -0.493 e. The second kappa shape index (κ2) is 10.1. The van der Waals surface area contributed by atoms with Crippen molar-refractivity contribution in [1.29, 1.82) is 0 Å². The van der Waals surface area contributed by atoms with Gasteiger partial charge in [0, 0.05) is 4.88 Å². The molecular formula is C28H26N4O3S2. The second-order valence-corrected chi connectivity index (χ2v) is 11.0. The Kier molecular flexibility index (Phi) is 6.56. The first kappa shape index (κ1) is 23.9. The summed E-state index contributed by atoms with van der Waals surface area (Å²) in [6.45, 7) is 4.52. The van der Waals surface area contributed by atoms with Crippen molar-refractivity contribution in [3.63, 3.8) is 0 Å². The van der Waals surface area contributed by atoms with E-state index < -0.39 is 0 Å². The Balaban J connectivity index is 1.38. The van der Waals surface area contributed by atoms with Crippen LogP contribution in [0, 0.1) is 6.92 Å². The van der Waals surface area contributed by atoms with Crippen LogP contribution in [-0.2, 0) is 18.6 Å². The lowest BCUT2D eigenvalue weighted by atomic mass is 9.97. The predicted octanol–water partition coefficient (Wildman–Crippen LogP) is 6.38. The molecule has 0 bridgehead atoms. The quantitative estimate of drug-likeness (QED) is 0.178. The third-order valence-corrected chi connectivity index (χ3v) is 8.55. The van der Waals surface area contributed by atoms with Crippen molar-refractivity contribution in [2.75, 3.05) is 6.61 Å². The van der Waals surface area contributed by atoms with Gasteiger partial charge in [0.15, 0.2) is 5.16 Å². The van der Waals surface area contributed by atoms with Gasteiger partial charge in [0.2, 0.25) is 11.7 Å². The molecule has 0 spiro atoms. The first-order valence-corrected chi connectivity index (χ1v) is 14.2. The van der Waals surface area contributed by atoms with Crippen LogP contribution in [0.1, 0.15) is 41.7 Å². The number of benzene rings is 2. The van der Waals surface area contributed by atoms with Gasteiger partial charge in [-0.25, -0.2) is 4.98 Å². The number of aromatic nitrogens is 4. The fraction of sp³-hybridized carbons (Fsp3) is 0.286. The van der Waals surface area contributed by atoms with E-state index in [0.717, 1.165) is 46.3 Å². The van der Waals surface area contributed by atoms with Gasteiger partial charge in [-0.05, 0) is 74.9 Å². The molecule has 5 aromatic rings. The maximum absolute atomic E-state index is 13.9. The molecule has 0 saturated heterocycles. The highest BCUT2D eigenvalue weighted by Crippen LogP contribution is 2.36. The zero-order valence-corrected chi connectivity index (χ0v) is 22.3. The lowest BCUT2D eigenvalue weighted by molar-refractivity contribution is 0.341. The smallest absolute Gasteiger partial charge is 0.267 e. The monoisotopic (exact) mass is 530 g/mol. The van der Waals surface area contributed by atoms with E-state index in [1.54, 1.807) is 15.9 Å². The molecule has 0 aliphatic heterocycles. The molecule has 0 N–H and O–H groups in total. The SMILES string of the molecule is CCOc1ccccc1-c1noc(CSc2nc3sc4c(c3c(=O)n2-c2cccc(C)c2)CCCC4)n1. The van der Waals surface area contributed by atoms with Crippen molar-refractivity contribution in [2.45, 2.75) is 50.4 Å². The second-order valence-electron chi connectivity index (χ2n) is 8.99. The van der Waals surface area contributed by atoms with E-state index in [0.29, 0.717) is 35.0 Å². The lowest BCUT2D eigenvalue weighted by Crippen LogP contribution is -2.22. The molecule has 3 aromatic heterocycles. The average Bonchev–Trinajstić information content (AvgIpc) is 3.53. The van der Waals surface area contributed by atoms with Crippen LogP contribution in [0.5, 0.6) is 5.75 Å². The molecule has 3 heterocycles. The summed E-state index contributed by atoms with van der Waals surface area (Å²) >= 11 is 3.09. The van der Waals surface area contributed by atoms with Crippen LogP contribution in [0.4, 0.5) is 0 Å². The van der Waals surface area contributed by atoms with E-state index in [9.17, 15) is 4.79 Å². The zero-order valence-electron chi connectivity index (χ0n) is 20.7. The molecule has 6 rings (SSSR count). The molecule has 0 fully saturated rings.